The first kappa shape index (κ1) is 34.9. The van der Waals surface area contributed by atoms with Gasteiger partial charge in [-0.3, -0.25) is 4.79 Å². The lowest BCUT2D eigenvalue weighted by Gasteiger charge is -2.37. The molecule has 0 bridgehead atoms. The van der Waals surface area contributed by atoms with E-state index in [4.69, 9.17) is 9.72 Å². The molecule has 0 radical (unpaired) electrons. The summed E-state index contributed by atoms with van der Waals surface area (Å²) in [4.78, 5) is 44.0. The summed E-state index contributed by atoms with van der Waals surface area (Å²) in [5.74, 6) is -2.07. The summed E-state index contributed by atoms with van der Waals surface area (Å²) >= 11 is 0. The smallest absolute Gasteiger partial charge is 0.407 e. The molecular formula is C44H40N4O5. The van der Waals surface area contributed by atoms with Crippen molar-refractivity contribution in [1.82, 2.24) is 20.2 Å². The van der Waals surface area contributed by atoms with Crippen LogP contribution in [0.2, 0.25) is 0 Å². The molecule has 6 aromatic rings. The van der Waals surface area contributed by atoms with E-state index in [9.17, 15) is 19.5 Å². The molecule has 0 aliphatic heterocycles. The van der Waals surface area contributed by atoms with Gasteiger partial charge in [-0.15, -0.1) is 0 Å². The largest absolute Gasteiger partial charge is 0.480 e. The van der Waals surface area contributed by atoms with Gasteiger partial charge in [-0.1, -0.05) is 140 Å². The Hall–Kier alpha value is -6.48. The maximum Gasteiger partial charge on any atom is 0.407 e. The van der Waals surface area contributed by atoms with Crippen LogP contribution in [0.5, 0.6) is 0 Å². The van der Waals surface area contributed by atoms with Crippen molar-refractivity contribution in [3.63, 3.8) is 0 Å². The van der Waals surface area contributed by atoms with Crippen LogP contribution < -0.4 is 10.6 Å². The normalized spacial score (nSPS) is 13.0. The molecule has 0 saturated heterocycles. The SMILES string of the molecule is CC(C)(NC(=O)C(Cc1cn(C(c2ccccc2)(c2ccccc2)c2ccccc2)cn1)NC(=O)OCC1c2ccccc2-c2ccccc21)C(=O)O. The summed E-state index contributed by atoms with van der Waals surface area (Å²) in [6, 6.07) is 45.2. The highest BCUT2D eigenvalue weighted by Crippen LogP contribution is 2.45. The van der Waals surface area contributed by atoms with Crippen molar-refractivity contribution >= 4 is 18.0 Å². The Morgan fingerprint density at radius 1 is 0.736 bits per heavy atom. The van der Waals surface area contributed by atoms with E-state index >= 15 is 0 Å². The number of aromatic nitrogens is 2. The number of hydrogen-bond acceptors (Lipinski definition) is 5. The fourth-order valence-electron chi connectivity index (χ4n) is 7.29. The molecule has 7 rings (SSSR count). The molecule has 2 amide bonds. The van der Waals surface area contributed by atoms with E-state index in [2.05, 4.69) is 59.2 Å². The fourth-order valence-corrected chi connectivity index (χ4v) is 7.29. The van der Waals surface area contributed by atoms with Crippen molar-refractivity contribution in [2.24, 2.45) is 0 Å². The maximum absolute atomic E-state index is 13.8. The molecule has 1 aliphatic carbocycles. The van der Waals surface area contributed by atoms with E-state index < -0.39 is 35.1 Å². The van der Waals surface area contributed by atoms with Gasteiger partial charge in [0.05, 0.1) is 12.0 Å². The van der Waals surface area contributed by atoms with Crippen molar-refractivity contribution in [3.8, 4) is 11.1 Å². The van der Waals surface area contributed by atoms with Gasteiger partial charge in [0.2, 0.25) is 5.91 Å². The summed E-state index contributed by atoms with van der Waals surface area (Å²) in [5.41, 5.74) is 5.37. The third kappa shape index (κ3) is 6.81. The van der Waals surface area contributed by atoms with Gasteiger partial charge in [-0.05, 0) is 52.8 Å². The van der Waals surface area contributed by atoms with Crippen molar-refractivity contribution < 1.29 is 24.2 Å². The van der Waals surface area contributed by atoms with Crippen LogP contribution in [0.15, 0.2) is 152 Å². The predicted octanol–water partition coefficient (Wildman–Crippen LogP) is 7.15. The lowest BCUT2D eigenvalue weighted by molar-refractivity contribution is -0.146. The monoisotopic (exact) mass is 704 g/mol. The standard InChI is InChI=1S/C44H40N4O5/c1-43(2,41(50)51)47-40(49)39(46-42(52)53-28-38-36-24-14-12-22-34(36)35-23-13-15-25-37(35)38)26-33-27-48(29-45-33)44(30-16-6-3-7-17-30,31-18-8-4-9-19-31)32-20-10-5-11-21-32/h3-25,27,29,38-39H,26,28H2,1-2H3,(H,46,52)(H,47,49)(H,50,51). The van der Waals surface area contributed by atoms with E-state index in [0.717, 1.165) is 38.9 Å². The van der Waals surface area contributed by atoms with Gasteiger partial charge in [0.25, 0.3) is 0 Å². The Labute approximate surface area is 308 Å². The van der Waals surface area contributed by atoms with Gasteiger partial charge in [-0.25, -0.2) is 14.6 Å². The number of imidazole rings is 1. The zero-order valence-electron chi connectivity index (χ0n) is 29.5. The van der Waals surface area contributed by atoms with Crippen molar-refractivity contribution in [3.05, 3.63) is 186 Å². The van der Waals surface area contributed by atoms with Crippen LogP contribution in [0, 0.1) is 0 Å². The lowest BCUT2D eigenvalue weighted by Crippen LogP contribution is -2.57. The van der Waals surface area contributed by atoms with E-state index in [1.807, 2.05) is 102 Å². The van der Waals surface area contributed by atoms with Crippen LogP contribution in [0.25, 0.3) is 11.1 Å². The van der Waals surface area contributed by atoms with Gasteiger partial charge in [0.1, 0.15) is 23.7 Å². The number of rotatable bonds is 12. The Kier molecular flexibility index (Phi) is 9.65. The van der Waals surface area contributed by atoms with Crippen LogP contribution >= 0.6 is 0 Å². The highest BCUT2D eigenvalue weighted by molar-refractivity contribution is 5.91. The molecule has 0 spiro atoms. The number of carbonyl (C=O) groups excluding carboxylic acids is 2. The number of alkyl carbamates (subject to hydrolysis) is 1. The van der Waals surface area contributed by atoms with Gasteiger partial charge in [0.15, 0.2) is 0 Å². The number of carboxylic acid groups (broad SMARTS) is 1. The number of carboxylic acids is 1. The van der Waals surface area contributed by atoms with E-state index in [1.54, 1.807) is 6.33 Å². The van der Waals surface area contributed by atoms with Crippen LogP contribution in [-0.2, 0) is 26.3 Å². The number of benzene rings is 5. The number of fused-ring (bicyclic) bond motifs is 3. The first-order chi connectivity index (χ1) is 25.7. The quantitative estimate of drug-likeness (QED) is 0.116. The molecule has 3 N–H and O–H groups in total. The minimum Gasteiger partial charge on any atom is -0.480 e. The predicted molar refractivity (Wildman–Crippen MR) is 202 cm³/mol. The molecule has 0 saturated carbocycles. The number of nitrogens with one attached hydrogen (secondary N) is 2. The van der Waals surface area contributed by atoms with Crippen LogP contribution in [-0.4, -0.2) is 50.8 Å². The summed E-state index contributed by atoms with van der Waals surface area (Å²) in [5, 5.41) is 15.1. The molecule has 1 atom stereocenters. The Balaban J connectivity index is 1.20. The minimum atomic E-state index is -1.60. The topological polar surface area (TPSA) is 123 Å². The number of aliphatic carboxylic acids is 1. The number of hydrogen-bond donors (Lipinski definition) is 3. The molecule has 9 nitrogen and oxygen atoms in total. The summed E-state index contributed by atoms with van der Waals surface area (Å²) in [6.45, 7) is 2.83. The zero-order chi connectivity index (χ0) is 37.0. The Morgan fingerprint density at radius 2 is 1.21 bits per heavy atom. The summed E-state index contributed by atoms with van der Waals surface area (Å²) < 4.78 is 7.82. The maximum atomic E-state index is 13.8. The third-order valence-electron chi connectivity index (χ3n) is 9.93. The molecular weight excluding hydrogens is 665 g/mol. The Bertz CT molecular complexity index is 2090. The zero-order valence-corrected chi connectivity index (χ0v) is 29.5. The lowest BCUT2D eigenvalue weighted by atomic mass is 9.77. The van der Waals surface area contributed by atoms with E-state index in [1.165, 1.54) is 13.8 Å². The number of ether oxygens (including phenoxy) is 1. The molecule has 1 aromatic heterocycles. The molecule has 0 fully saturated rings. The molecule has 1 aliphatic rings. The van der Waals surface area contributed by atoms with Crippen LogP contribution in [0.4, 0.5) is 4.79 Å². The van der Waals surface area contributed by atoms with Crippen molar-refractivity contribution in [1.29, 1.82) is 0 Å². The third-order valence-corrected chi connectivity index (χ3v) is 9.93. The fraction of sp³-hybridized carbons (Fsp3) is 0.182. The van der Waals surface area contributed by atoms with Gasteiger partial charge >= 0.3 is 12.1 Å². The minimum absolute atomic E-state index is 0.0345. The molecule has 266 valence electrons. The summed E-state index contributed by atoms with van der Waals surface area (Å²) in [6.07, 6.45) is 2.76. The van der Waals surface area contributed by atoms with Crippen molar-refractivity contribution in [2.75, 3.05) is 6.61 Å². The number of amides is 2. The Morgan fingerprint density at radius 3 is 1.70 bits per heavy atom. The van der Waals surface area contributed by atoms with Gasteiger partial charge in [0, 0.05) is 18.5 Å². The van der Waals surface area contributed by atoms with Crippen LogP contribution in [0.3, 0.4) is 0 Å². The molecule has 9 heteroatoms. The molecule has 5 aromatic carbocycles. The number of carbonyl (C=O) groups is 3. The average Bonchev–Trinajstić information content (AvgIpc) is 3.78. The van der Waals surface area contributed by atoms with Gasteiger partial charge in [-0.2, -0.15) is 0 Å². The summed E-state index contributed by atoms with van der Waals surface area (Å²) in [7, 11) is 0. The van der Waals surface area contributed by atoms with Crippen LogP contribution in [0.1, 0.15) is 53.3 Å². The number of nitrogens with zero attached hydrogens (tertiary/aromatic N) is 2. The second-order valence-corrected chi connectivity index (χ2v) is 13.7. The first-order valence-electron chi connectivity index (χ1n) is 17.6. The second-order valence-electron chi connectivity index (χ2n) is 13.7. The van der Waals surface area contributed by atoms with E-state index in [0.29, 0.717) is 5.69 Å². The highest BCUT2D eigenvalue weighted by atomic mass is 16.5. The average molecular weight is 705 g/mol. The molecule has 1 heterocycles. The van der Waals surface area contributed by atoms with Gasteiger partial charge < -0.3 is 25.0 Å². The highest BCUT2D eigenvalue weighted by Gasteiger charge is 2.39. The molecule has 1 unspecified atom stereocenters. The molecule has 53 heavy (non-hydrogen) atoms. The van der Waals surface area contributed by atoms with Crippen molar-refractivity contribution in [2.45, 2.75) is 43.3 Å². The van der Waals surface area contributed by atoms with E-state index in [-0.39, 0.29) is 18.9 Å². The second kappa shape index (κ2) is 14.6. The first-order valence-corrected chi connectivity index (χ1v) is 17.6.